The molecule has 0 amide bonds. The average Bonchev–Trinajstić information content (AvgIpc) is 2.58. The molecule has 0 spiro atoms. The first-order chi connectivity index (χ1) is 5.79. The van der Waals surface area contributed by atoms with Gasteiger partial charge in [0, 0.05) is 18.4 Å². The smallest absolute Gasteiger partial charge is 0.0350 e. The second-order valence-electron chi connectivity index (χ2n) is 3.07. The monoisotopic (exact) mass is 167 g/mol. The molecule has 0 fully saturated rings. The number of hydrogen-bond acceptors (Lipinski definition) is 2. The fourth-order valence-corrected chi connectivity index (χ4v) is 1.38. The van der Waals surface area contributed by atoms with Gasteiger partial charge in [0.1, 0.15) is 0 Å². The summed E-state index contributed by atoms with van der Waals surface area (Å²) < 4.78 is 0. The Morgan fingerprint density at radius 1 is 1.58 bits per heavy atom. The van der Waals surface area contributed by atoms with Crippen molar-refractivity contribution in [3.8, 4) is 0 Å². The molecular weight excluding hydrogens is 150 g/mol. The van der Waals surface area contributed by atoms with E-state index in [-0.39, 0.29) is 6.04 Å². The SMILES string of the molecule is CCC(CN)C(N)c1cc[nH]c1. The Hall–Kier alpha value is -0.800. The van der Waals surface area contributed by atoms with E-state index in [1.54, 1.807) is 0 Å². The third-order valence-corrected chi connectivity index (χ3v) is 2.34. The Labute approximate surface area is 73.1 Å². The van der Waals surface area contributed by atoms with Crippen LogP contribution in [-0.4, -0.2) is 11.5 Å². The zero-order chi connectivity index (χ0) is 8.97. The minimum Gasteiger partial charge on any atom is -0.367 e. The molecule has 0 saturated carbocycles. The highest BCUT2D eigenvalue weighted by molar-refractivity contribution is 5.14. The summed E-state index contributed by atoms with van der Waals surface area (Å²) in [7, 11) is 0. The molecule has 2 unspecified atom stereocenters. The van der Waals surface area contributed by atoms with Gasteiger partial charge in [-0.05, 0) is 24.1 Å². The molecule has 5 N–H and O–H groups in total. The van der Waals surface area contributed by atoms with E-state index >= 15 is 0 Å². The highest BCUT2D eigenvalue weighted by atomic mass is 14.7. The van der Waals surface area contributed by atoms with Crippen LogP contribution >= 0.6 is 0 Å². The van der Waals surface area contributed by atoms with E-state index in [4.69, 9.17) is 11.5 Å². The summed E-state index contributed by atoms with van der Waals surface area (Å²) in [6.07, 6.45) is 4.85. The lowest BCUT2D eigenvalue weighted by Gasteiger charge is -2.19. The Balaban J connectivity index is 2.63. The van der Waals surface area contributed by atoms with Gasteiger partial charge in [-0.1, -0.05) is 13.3 Å². The number of H-pyrrole nitrogens is 1. The molecule has 0 aliphatic rings. The molecule has 0 aromatic carbocycles. The van der Waals surface area contributed by atoms with Crippen LogP contribution in [0.3, 0.4) is 0 Å². The van der Waals surface area contributed by atoms with Crippen molar-refractivity contribution in [2.45, 2.75) is 19.4 Å². The molecule has 3 nitrogen and oxygen atoms in total. The Bertz CT molecular complexity index is 202. The van der Waals surface area contributed by atoms with E-state index in [9.17, 15) is 0 Å². The van der Waals surface area contributed by atoms with E-state index in [1.165, 1.54) is 0 Å². The standard InChI is InChI=1S/C9H17N3/c1-2-7(5-10)9(11)8-3-4-12-6-8/h3-4,6-7,9,12H,2,5,10-11H2,1H3. The molecule has 1 aromatic heterocycles. The maximum Gasteiger partial charge on any atom is 0.0350 e. The van der Waals surface area contributed by atoms with Gasteiger partial charge in [0.2, 0.25) is 0 Å². The van der Waals surface area contributed by atoms with Gasteiger partial charge in [-0.15, -0.1) is 0 Å². The van der Waals surface area contributed by atoms with Crippen LogP contribution in [0.1, 0.15) is 24.9 Å². The van der Waals surface area contributed by atoms with Crippen LogP contribution in [-0.2, 0) is 0 Å². The lowest BCUT2D eigenvalue weighted by molar-refractivity contribution is 0.428. The van der Waals surface area contributed by atoms with Crippen molar-refractivity contribution in [1.82, 2.24) is 4.98 Å². The van der Waals surface area contributed by atoms with E-state index < -0.39 is 0 Å². The van der Waals surface area contributed by atoms with Gasteiger partial charge >= 0.3 is 0 Å². The highest BCUT2D eigenvalue weighted by Crippen LogP contribution is 2.20. The van der Waals surface area contributed by atoms with Gasteiger partial charge in [0.05, 0.1) is 0 Å². The molecule has 0 aliphatic carbocycles. The van der Waals surface area contributed by atoms with E-state index in [1.807, 2.05) is 18.5 Å². The zero-order valence-electron chi connectivity index (χ0n) is 7.46. The van der Waals surface area contributed by atoms with Gasteiger partial charge in [0.25, 0.3) is 0 Å². The highest BCUT2D eigenvalue weighted by Gasteiger charge is 2.15. The second-order valence-corrected chi connectivity index (χ2v) is 3.07. The average molecular weight is 167 g/mol. The van der Waals surface area contributed by atoms with Crippen LogP contribution in [0.25, 0.3) is 0 Å². The molecule has 0 aliphatic heterocycles. The lowest BCUT2D eigenvalue weighted by Crippen LogP contribution is -2.27. The first-order valence-electron chi connectivity index (χ1n) is 4.38. The number of aromatic amines is 1. The van der Waals surface area contributed by atoms with E-state index in [0.717, 1.165) is 12.0 Å². The van der Waals surface area contributed by atoms with Crippen molar-refractivity contribution in [2.75, 3.05) is 6.54 Å². The van der Waals surface area contributed by atoms with Gasteiger partial charge in [-0.25, -0.2) is 0 Å². The third-order valence-electron chi connectivity index (χ3n) is 2.34. The zero-order valence-corrected chi connectivity index (χ0v) is 7.46. The number of aromatic nitrogens is 1. The number of nitrogens with two attached hydrogens (primary N) is 2. The summed E-state index contributed by atoms with van der Waals surface area (Å²) in [5.74, 6) is 0.390. The van der Waals surface area contributed by atoms with Crippen LogP contribution in [0.5, 0.6) is 0 Å². The topological polar surface area (TPSA) is 67.8 Å². The Kier molecular flexibility index (Phi) is 3.31. The predicted molar refractivity (Wildman–Crippen MR) is 50.6 cm³/mol. The van der Waals surface area contributed by atoms with Crippen LogP contribution in [0.2, 0.25) is 0 Å². The summed E-state index contributed by atoms with van der Waals surface area (Å²) in [6, 6.07) is 2.08. The van der Waals surface area contributed by atoms with Crippen molar-refractivity contribution in [2.24, 2.45) is 17.4 Å². The molecule has 1 rings (SSSR count). The molecule has 68 valence electrons. The lowest BCUT2D eigenvalue weighted by atomic mass is 9.93. The largest absolute Gasteiger partial charge is 0.367 e. The molecule has 12 heavy (non-hydrogen) atoms. The summed E-state index contributed by atoms with van der Waals surface area (Å²) in [5.41, 5.74) is 12.8. The molecule has 2 atom stereocenters. The van der Waals surface area contributed by atoms with Crippen molar-refractivity contribution in [3.05, 3.63) is 24.0 Å². The maximum absolute atomic E-state index is 6.00. The van der Waals surface area contributed by atoms with Crippen LogP contribution in [0.4, 0.5) is 0 Å². The Morgan fingerprint density at radius 3 is 2.75 bits per heavy atom. The van der Waals surface area contributed by atoms with Crippen LogP contribution < -0.4 is 11.5 Å². The van der Waals surface area contributed by atoms with Gasteiger partial charge in [-0.3, -0.25) is 0 Å². The second kappa shape index (κ2) is 4.28. The van der Waals surface area contributed by atoms with Crippen molar-refractivity contribution in [1.29, 1.82) is 0 Å². The third kappa shape index (κ3) is 1.87. The van der Waals surface area contributed by atoms with Crippen molar-refractivity contribution >= 4 is 0 Å². The van der Waals surface area contributed by atoms with Crippen LogP contribution in [0, 0.1) is 5.92 Å². The first kappa shape index (κ1) is 9.29. The summed E-state index contributed by atoms with van der Waals surface area (Å²) in [5, 5.41) is 0. The van der Waals surface area contributed by atoms with Gasteiger partial charge < -0.3 is 16.5 Å². The van der Waals surface area contributed by atoms with Crippen LogP contribution in [0.15, 0.2) is 18.5 Å². The fraction of sp³-hybridized carbons (Fsp3) is 0.556. The predicted octanol–water partition coefficient (Wildman–Crippen LogP) is 0.999. The molecule has 3 heteroatoms. The summed E-state index contributed by atoms with van der Waals surface area (Å²) in [6.45, 7) is 2.77. The Morgan fingerprint density at radius 2 is 2.33 bits per heavy atom. The summed E-state index contributed by atoms with van der Waals surface area (Å²) >= 11 is 0. The van der Waals surface area contributed by atoms with Gasteiger partial charge in [0.15, 0.2) is 0 Å². The summed E-state index contributed by atoms with van der Waals surface area (Å²) in [4.78, 5) is 2.99. The minimum atomic E-state index is 0.0752. The molecule has 1 heterocycles. The molecular formula is C9H17N3. The normalized spacial score (nSPS) is 15.9. The van der Waals surface area contributed by atoms with Crippen molar-refractivity contribution < 1.29 is 0 Å². The molecule has 1 aromatic rings. The van der Waals surface area contributed by atoms with E-state index in [2.05, 4.69) is 11.9 Å². The van der Waals surface area contributed by atoms with Gasteiger partial charge in [-0.2, -0.15) is 0 Å². The number of rotatable bonds is 4. The van der Waals surface area contributed by atoms with Crippen molar-refractivity contribution in [3.63, 3.8) is 0 Å². The quantitative estimate of drug-likeness (QED) is 0.626. The fourth-order valence-electron chi connectivity index (χ4n) is 1.38. The maximum atomic E-state index is 6.00. The number of nitrogens with one attached hydrogen (secondary N) is 1. The first-order valence-corrected chi connectivity index (χ1v) is 4.38. The minimum absolute atomic E-state index is 0.0752. The number of hydrogen-bond donors (Lipinski definition) is 3. The molecule has 0 bridgehead atoms. The van der Waals surface area contributed by atoms with E-state index in [0.29, 0.717) is 12.5 Å². The molecule has 0 saturated heterocycles. The molecule has 0 radical (unpaired) electrons.